The molecule has 0 atom stereocenters. The molecule has 1 fully saturated rings. The largest absolute Gasteiger partial charge is 0.338 e. The van der Waals surface area contributed by atoms with Crippen LogP contribution in [-0.4, -0.2) is 60.0 Å². The number of hydrogen-bond acceptors (Lipinski definition) is 8. The van der Waals surface area contributed by atoms with E-state index in [1.54, 1.807) is 58.8 Å². The molecule has 2 aromatic carbocycles. The number of hydrogen-bond donors (Lipinski definition) is 1. The number of piperazine rings is 1. The molecule has 3 heterocycles. The maximum Gasteiger partial charge on any atom is 0.268 e. The third-order valence-corrected chi connectivity index (χ3v) is 8.79. The summed E-state index contributed by atoms with van der Waals surface area (Å²) in [5.74, 6) is 0.773. The van der Waals surface area contributed by atoms with Gasteiger partial charge in [-0.25, -0.2) is 18.4 Å². The molecule has 0 bridgehead atoms. The second kappa shape index (κ2) is 10.4. The summed E-state index contributed by atoms with van der Waals surface area (Å²) in [7, 11) is -3.73. The summed E-state index contributed by atoms with van der Waals surface area (Å²) in [4.78, 5) is 26.4. The van der Waals surface area contributed by atoms with Gasteiger partial charge in [0.1, 0.15) is 0 Å². The van der Waals surface area contributed by atoms with E-state index in [1.807, 2.05) is 13.0 Å². The van der Waals surface area contributed by atoms with Crippen LogP contribution >= 0.6 is 11.5 Å². The normalized spacial score (nSPS) is 14.9. The zero-order valence-corrected chi connectivity index (χ0v) is 21.6. The number of nitrogens with zero attached hydrogens (tertiary/aromatic N) is 5. The van der Waals surface area contributed by atoms with Crippen LogP contribution in [0.25, 0.3) is 10.1 Å². The molecule has 188 valence electrons. The molecule has 1 N–H and O–H groups in total. The van der Waals surface area contributed by atoms with Crippen LogP contribution < -0.4 is 15.2 Å². The fourth-order valence-electron chi connectivity index (χ4n) is 4.28. The van der Waals surface area contributed by atoms with Gasteiger partial charge in [-0.15, -0.1) is 0 Å². The molecule has 0 aliphatic carbocycles. The van der Waals surface area contributed by atoms with Gasteiger partial charge in [-0.3, -0.25) is 18.4 Å². The first kappa shape index (κ1) is 24.4. The summed E-state index contributed by atoms with van der Waals surface area (Å²) in [6.45, 7) is 7.08. The molecule has 1 aliphatic heterocycles. The summed E-state index contributed by atoms with van der Waals surface area (Å²) >= 11 is 1.42. The van der Waals surface area contributed by atoms with E-state index in [9.17, 15) is 13.2 Å². The molecule has 1 saturated heterocycles. The van der Waals surface area contributed by atoms with Gasteiger partial charge in [0, 0.05) is 57.3 Å². The highest BCUT2D eigenvalue weighted by atomic mass is 32.2. The van der Waals surface area contributed by atoms with E-state index < -0.39 is 10.0 Å². The van der Waals surface area contributed by atoms with E-state index >= 15 is 0 Å². The van der Waals surface area contributed by atoms with E-state index in [2.05, 4.69) is 24.5 Å². The number of nitrogens with one attached hydrogen (secondary N) is 1. The minimum atomic E-state index is -3.73. The summed E-state index contributed by atoms with van der Waals surface area (Å²) in [5.41, 5.74) is 1.28. The Balaban J connectivity index is 1.19. The minimum absolute atomic E-state index is 0.0857. The molecule has 0 saturated carbocycles. The van der Waals surface area contributed by atoms with Crippen LogP contribution in [0.4, 0.5) is 11.6 Å². The molecular weight excluding hydrogens is 496 g/mol. The average Bonchev–Trinajstić information content (AvgIpc) is 3.20. The summed E-state index contributed by atoms with van der Waals surface area (Å²) in [6, 6.07) is 13.6. The van der Waals surface area contributed by atoms with Crippen molar-refractivity contribution in [1.82, 2.24) is 18.8 Å². The van der Waals surface area contributed by atoms with Crippen LogP contribution in [0.5, 0.6) is 0 Å². The number of benzene rings is 2. The Morgan fingerprint density at radius 2 is 1.69 bits per heavy atom. The molecule has 0 radical (unpaired) electrons. The highest BCUT2D eigenvalue weighted by molar-refractivity contribution is 7.92. The van der Waals surface area contributed by atoms with Crippen molar-refractivity contribution in [2.45, 2.75) is 24.8 Å². The fourth-order valence-corrected chi connectivity index (χ4v) is 6.34. The smallest absolute Gasteiger partial charge is 0.268 e. The third kappa shape index (κ3) is 5.43. The predicted octanol–water partition coefficient (Wildman–Crippen LogP) is 3.17. The summed E-state index contributed by atoms with van der Waals surface area (Å²) in [5, 5.41) is 0.528. The number of sulfonamides is 1. The number of aryl methyl sites for hydroxylation is 2. The maximum atomic E-state index is 13.0. The Labute approximate surface area is 214 Å². The van der Waals surface area contributed by atoms with Crippen LogP contribution in [0.2, 0.25) is 0 Å². The van der Waals surface area contributed by atoms with Crippen molar-refractivity contribution in [2.75, 3.05) is 42.3 Å². The van der Waals surface area contributed by atoms with Gasteiger partial charge >= 0.3 is 0 Å². The minimum Gasteiger partial charge on any atom is -0.338 e. The second-order valence-electron chi connectivity index (χ2n) is 8.86. The quantitative estimate of drug-likeness (QED) is 0.378. The Bertz CT molecular complexity index is 1490. The Hall–Kier alpha value is -3.28. The van der Waals surface area contributed by atoms with Crippen LogP contribution in [0.15, 0.2) is 70.6 Å². The molecule has 9 nitrogen and oxygen atoms in total. The number of aromatic nitrogens is 3. The van der Waals surface area contributed by atoms with Crippen molar-refractivity contribution in [3.63, 3.8) is 0 Å². The molecule has 5 rings (SSSR count). The lowest BCUT2D eigenvalue weighted by atomic mass is 10.2. The lowest BCUT2D eigenvalue weighted by Crippen LogP contribution is -2.47. The van der Waals surface area contributed by atoms with Gasteiger partial charge in [0.15, 0.2) is 0 Å². The van der Waals surface area contributed by atoms with Crippen LogP contribution in [0.3, 0.4) is 0 Å². The first-order valence-electron chi connectivity index (χ1n) is 11.9. The fraction of sp³-hybridized carbons (Fsp3) is 0.320. The van der Waals surface area contributed by atoms with Gasteiger partial charge in [0.2, 0.25) is 5.95 Å². The Kier molecular flexibility index (Phi) is 7.04. The van der Waals surface area contributed by atoms with E-state index in [4.69, 9.17) is 0 Å². The van der Waals surface area contributed by atoms with Crippen molar-refractivity contribution in [3.8, 4) is 0 Å². The van der Waals surface area contributed by atoms with E-state index in [0.29, 0.717) is 17.6 Å². The molecule has 4 aromatic rings. The average molecular weight is 525 g/mol. The molecule has 0 amide bonds. The van der Waals surface area contributed by atoms with Crippen molar-refractivity contribution in [2.24, 2.45) is 0 Å². The monoisotopic (exact) mass is 524 g/mol. The van der Waals surface area contributed by atoms with E-state index in [1.165, 1.54) is 11.5 Å². The lowest BCUT2D eigenvalue weighted by molar-refractivity contribution is 0.250. The third-order valence-electron chi connectivity index (χ3n) is 6.27. The van der Waals surface area contributed by atoms with Gasteiger partial charge in [-0.05, 0) is 49.7 Å². The molecular formula is C25H28N6O3S2. The number of anilines is 2. The van der Waals surface area contributed by atoms with Gasteiger partial charge < -0.3 is 4.90 Å². The van der Waals surface area contributed by atoms with Crippen molar-refractivity contribution in [3.05, 3.63) is 76.8 Å². The first-order chi connectivity index (χ1) is 17.4. The van der Waals surface area contributed by atoms with Crippen LogP contribution in [0.1, 0.15) is 12.0 Å². The number of rotatable bonds is 8. The van der Waals surface area contributed by atoms with Crippen molar-refractivity contribution in [1.29, 1.82) is 0 Å². The summed E-state index contributed by atoms with van der Waals surface area (Å²) < 4.78 is 30.6. The predicted molar refractivity (Wildman–Crippen MR) is 143 cm³/mol. The van der Waals surface area contributed by atoms with Crippen molar-refractivity contribution >= 4 is 43.3 Å². The standard InChI is InChI=1S/C25H28N6O3S2/c1-19-4-7-21(8-5-19)36(33,34)28-20-6-9-23-22(18-20)24(32)31(35-23)13-3-12-29-14-16-30(17-15-29)25-26-10-2-11-27-25/h2,4-11,18,28H,3,12-17H2,1H3. The highest BCUT2D eigenvalue weighted by Crippen LogP contribution is 2.23. The molecule has 36 heavy (non-hydrogen) atoms. The lowest BCUT2D eigenvalue weighted by Gasteiger charge is -2.34. The number of fused-ring (bicyclic) bond motifs is 1. The second-order valence-corrected chi connectivity index (χ2v) is 11.6. The highest BCUT2D eigenvalue weighted by Gasteiger charge is 2.19. The van der Waals surface area contributed by atoms with Gasteiger partial charge in [-0.2, -0.15) is 0 Å². The first-order valence-corrected chi connectivity index (χ1v) is 14.1. The maximum absolute atomic E-state index is 13.0. The van der Waals surface area contributed by atoms with Crippen LogP contribution in [0, 0.1) is 6.92 Å². The summed E-state index contributed by atoms with van der Waals surface area (Å²) in [6.07, 6.45) is 4.39. The topological polar surface area (TPSA) is 100 Å². The van der Waals surface area contributed by atoms with Gasteiger partial charge in [0.25, 0.3) is 15.6 Å². The molecule has 0 spiro atoms. The van der Waals surface area contributed by atoms with Gasteiger partial charge in [-0.1, -0.05) is 29.2 Å². The molecule has 11 heteroatoms. The molecule has 0 unspecified atom stereocenters. The molecule has 1 aliphatic rings. The van der Waals surface area contributed by atoms with Gasteiger partial charge in [0.05, 0.1) is 15.0 Å². The van der Waals surface area contributed by atoms with E-state index in [-0.39, 0.29) is 10.5 Å². The van der Waals surface area contributed by atoms with Crippen LogP contribution in [-0.2, 0) is 16.6 Å². The SMILES string of the molecule is Cc1ccc(S(=O)(=O)Nc2ccc3sn(CCCN4CCN(c5ncccn5)CC4)c(=O)c3c2)cc1. The zero-order chi connectivity index (χ0) is 25.1. The zero-order valence-electron chi connectivity index (χ0n) is 20.0. The Morgan fingerprint density at radius 3 is 2.42 bits per heavy atom. The Morgan fingerprint density at radius 1 is 0.972 bits per heavy atom. The van der Waals surface area contributed by atoms with Crippen molar-refractivity contribution < 1.29 is 8.42 Å². The molecule has 2 aromatic heterocycles. The van der Waals surface area contributed by atoms with E-state index in [0.717, 1.165) is 55.4 Å².